The van der Waals surface area contributed by atoms with Crippen LogP contribution in [0.4, 0.5) is 0 Å². The van der Waals surface area contributed by atoms with E-state index in [4.69, 9.17) is 9.47 Å². The molecule has 0 aromatic heterocycles. The molecule has 0 saturated carbocycles. The molecule has 1 N–H and O–H groups in total. The predicted molar refractivity (Wildman–Crippen MR) is 82.6 cm³/mol. The van der Waals surface area contributed by atoms with Crippen LogP contribution in [-0.4, -0.2) is 30.4 Å². The molecule has 0 aliphatic carbocycles. The number of ether oxygens (including phenoxy) is 2. The third kappa shape index (κ3) is 3.76. The first-order valence-electron chi connectivity index (χ1n) is 7.44. The molecule has 4 nitrogen and oxygen atoms in total. The summed E-state index contributed by atoms with van der Waals surface area (Å²) in [7, 11) is 1.59. The Balaban J connectivity index is 3.25. The second-order valence-corrected chi connectivity index (χ2v) is 5.36. The molecule has 21 heavy (non-hydrogen) atoms. The standard InChI is InChI=1S/C17H26O4/c1-6-10-17(19,16(18)21-7-2)13(4)14-11-12(3)8-9-15(14)20-5/h8-9,11,13,19H,6-7,10H2,1-5H3. The SMILES string of the molecule is CCCC(O)(C(=O)OCC)C(C)c1cc(C)ccc1OC. The van der Waals surface area contributed by atoms with Crippen LogP contribution < -0.4 is 4.74 Å². The number of hydrogen-bond acceptors (Lipinski definition) is 4. The van der Waals surface area contributed by atoms with Crippen molar-refractivity contribution in [1.29, 1.82) is 0 Å². The number of methoxy groups -OCH3 is 1. The summed E-state index contributed by atoms with van der Waals surface area (Å²) in [5.41, 5.74) is 0.341. The first-order chi connectivity index (χ1) is 9.90. The maximum Gasteiger partial charge on any atom is 0.338 e. The van der Waals surface area contributed by atoms with Crippen LogP contribution in [0.1, 0.15) is 50.7 Å². The smallest absolute Gasteiger partial charge is 0.338 e. The van der Waals surface area contributed by atoms with Gasteiger partial charge in [-0.25, -0.2) is 4.79 Å². The van der Waals surface area contributed by atoms with Crippen LogP contribution in [-0.2, 0) is 9.53 Å². The van der Waals surface area contributed by atoms with Crippen LogP contribution in [0.25, 0.3) is 0 Å². The maximum absolute atomic E-state index is 12.2. The van der Waals surface area contributed by atoms with Gasteiger partial charge in [0.15, 0.2) is 5.60 Å². The van der Waals surface area contributed by atoms with Crippen molar-refractivity contribution in [2.75, 3.05) is 13.7 Å². The Morgan fingerprint density at radius 3 is 2.57 bits per heavy atom. The normalized spacial score (nSPS) is 15.1. The molecule has 1 aromatic rings. The van der Waals surface area contributed by atoms with Crippen molar-refractivity contribution in [1.82, 2.24) is 0 Å². The highest BCUT2D eigenvalue weighted by Gasteiger charge is 2.43. The van der Waals surface area contributed by atoms with Crippen molar-refractivity contribution in [2.45, 2.75) is 52.1 Å². The lowest BCUT2D eigenvalue weighted by Crippen LogP contribution is -2.45. The summed E-state index contributed by atoms with van der Waals surface area (Å²) in [4.78, 5) is 12.2. The topological polar surface area (TPSA) is 55.8 Å². The second-order valence-electron chi connectivity index (χ2n) is 5.36. The minimum atomic E-state index is -1.54. The quantitative estimate of drug-likeness (QED) is 0.785. The lowest BCUT2D eigenvalue weighted by molar-refractivity contribution is -0.168. The molecule has 0 heterocycles. The summed E-state index contributed by atoms with van der Waals surface area (Å²) in [6.07, 6.45) is 1.04. The third-order valence-electron chi connectivity index (χ3n) is 3.83. The largest absolute Gasteiger partial charge is 0.496 e. The van der Waals surface area contributed by atoms with E-state index in [1.807, 2.05) is 39.0 Å². The van der Waals surface area contributed by atoms with Crippen molar-refractivity contribution < 1.29 is 19.4 Å². The Hall–Kier alpha value is -1.55. The molecule has 0 radical (unpaired) electrons. The highest BCUT2D eigenvalue weighted by Crippen LogP contribution is 2.38. The van der Waals surface area contributed by atoms with Gasteiger partial charge in [-0.15, -0.1) is 0 Å². The molecular formula is C17H26O4. The van der Waals surface area contributed by atoms with Gasteiger partial charge in [-0.2, -0.15) is 0 Å². The Labute approximate surface area is 127 Å². The van der Waals surface area contributed by atoms with E-state index in [9.17, 15) is 9.90 Å². The fourth-order valence-electron chi connectivity index (χ4n) is 2.58. The maximum atomic E-state index is 12.2. The van der Waals surface area contributed by atoms with E-state index >= 15 is 0 Å². The number of carbonyl (C=O) groups is 1. The number of esters is 1. The molecule has 0 aliphatic heterocycles. The van der Waals surface area contributed by atoms with Gasteiger partial charge in [0.05, 0.1) is 13.7 Å². The van der Waals surface area contributed by atoms with Crippen LogP contribution in [0, 0.1) is 6.92 Å². The minimum Gasteiger partial charge on any atom is -0.496 e. The second kappa shape index (κ2) is 7.46. The van der Waals surface area contributed by atoms with Gasteiger partial charge < -0.3 is 14.6 Å². The van der Waals surface area contributed by atoms with Crippen LogP contribution >= 0.6 is 0 Å². The molecule has 0 aliphatic rings. The molecule has 1 aromatic carbocycles. The van der Waals surface area contributed by atoms with Crippen LogP contribution in [0.5, 0.6) is 5.75 Å². The number of aryl methyl sites for hydroxylation is 1. The summed E-state index contributed by atoms with van der Waals surface area (Å²) >= 11 is 0. The highest BCUT2D eigenvalue weighted by atomic mass is 16.5. The summed E-state index contributed by atoms with van der Waals surface area (Å²) in [5.74, 6) is -0.304. The number of carbonyl (C=O) groups excluding carboxylic acids is 1. The third-order valence-corrected chi connectivity index (χ3v) is 3.83. The van der Waals surface area contributed by atoms with Gasteiger partial charge in [0.25, 0.3) is 0 Å². The molecule has 0 bridgehead atoms. The molecule has 118 valence electrons. The van der Waals surface area contributed by atoms with Crippen molar-refractivity contribution in [3.63, 3.8) is 0 Å². The van der Waals surface area contributed by atoms with Gasteiger partial charge in [-0.3, -0.25) is 0 Å². The zero-order valence-corrected chi connectivity index (χ0v) is 13.6. The Morgan fingerprint density at radius 1 is 1.38 bits per heavy atom. The number of aliphatic hydroxyl groups is 1. The Morgan fingerprint density at radius 2 is 2.05 bits per heavy atom. The van der Waals surface area contributed by atoms with Crippen LogP contribution in [0.2, 0.25) is 0 Å². The first-order valence-corrected chi connectivity index (χ1v) is 7.44. The number of benzene rings is 1. The number of hydrogen-bond donors (Lipinski definition) is 1. The van der Waals surface area contributed by atoms with E-state index in [2.05, 4.69) is 0 Å². The molecule has 0 spiro atoms. The minimum absolute atomic E-state index is 0.253. The summed E-state index contributed by atoms with van der Waals surface area (Å²) in [5, 5.41) is 10.9. The predicted octanol–water partition coefficient (Wildman–Crippen LogP) is 3.20. The fourth-order valence-corrected chi connectivity index (χ4v) is 2.58. The zero-order chi connectivity index (χ0) is 16.0. The van der Waals surface area contributed by atoms with E-state index in [-0.39, 0.29) is 6.61 Å². The van der Waals surface area contributed by atoms with E-state index in [0.29, 0.717) is 18.6 Å². The molecule has 0 saturated heterocycles. The van der Waals surface area contributed by atoms with Crippen LogP contribution in [0.3, 0.4) is 0 Å². The average Bonchev–Trinajstić information content (AvgIpc) is 2.46. The molecule has 1 rings (SSSR count). The van der Waals surface area contributed by atoms with Gasteiger partial charge in [0, 0.05) is 11.5 Å². The van der Waals surface area contributed by atoms with Crippen molar-refractivity contribution >= 4 is 5.97 Å². The van der Waals surface area contributed by atoms with E-state index in [1.54, 1.807) is 14.0 Å². The molecule has 0 amide bonds. The lowest BCUT2D eigenvalue weighted by Gasteiger charge is -2.32. The summed E-state index contributed by atoms with van der Waals surface area (Å²) < 4.78 is 10.4. The highest BCUT2D eigenvalue weighted by molar-refractivity contribution is 5.81. The van der Waals surface area contributed by atoms with E-state index in [1.165, 1.54) is 0 Å². The zero-order valence-electron chi connectivity index (χ0n) is 13.6. The van der Waals surface area contributed by atoms with Crippen molar-refractivity contribution in [3.05, 3.63) is 29.3 Å². The van der Waals surface area contributed by atoms with Gasteiger partial charge in [0.1, 0.15) is 5.75 Å². The average molecular weight is 294 g/mol. The lowest BCUT2D eigenvalue weighted by atomic mass is 9.79. The van der Waals surface area contributed by atoms with Gasteiger partial charge in [-0.1, -0.05) is 38.0 Å². The molecular weight excluding hydrogens is 268 g/mol. The van der Waals surface area contributed by atoms with Gasteiger partial charge in [-0.05, 0) is 26.3 Å². The van der Waals surface area contributed by atoms with Crippen LogP contribution in [0.15, 0.2) is 18.2 Å². The van der Waals surface area contributed by atoms with E-state index in [0.717, 1.165) is 11.1 Å². The van der Waals surface area contributed by atoms with Gasteiger partial charge >= 0.3 is 5.97 Å². The monoisotopic (exact) mass is 294 g/mol. The van der Waals surface area contributed by atoms with Gasteiger partial charge in [0.2, 0.25) is 0 Å². The Kier molecular flexibility index (Phi) is 6.21. The van der Waals surface area contributed by atoms with Crippen molar-refractivity contribution in [3.8, 4) is 5.75 Å². The van der Waals surface area contributed by atoms with Crippen molar-refractivity contribution in [2.24, 2.45) is 0 Å². The molecule has 0 fully saturated rings. The number of rotatable bonds is 7. The molecule has 2 atom stereocenters. The Bertz CT molecular complexity index is 484. The first kappa shape index (κ1) is 17.5. The fraction of sp³-hybridized carbons (Fsp3) is 0.588. The summed E-state index contributed by atoms with van der Waals surface area (Å²) in [6, 6.07) is 5.75. The molecule has 4 heteroatoms. The molecule has 2 unspecified atom stereocenters. The summed E-state index contributed by atoms with van der Waals surface area (Å²) in [6.45, 7) is 7.73. The van der Waals surface area contributed by atoms with E-state index < -0.39 is 17.5 Å².